The molecule has 1 heterocycles. The molecule has 1 aromatic heterocycles. The van der Waals surface area contributed by atoms with Crippen LogP contribution in [0.25, 0.3) is 0 Å². The van der Waals surface area contributed by atoms with E-state index in [2.05, 4.69) is 4.98 Å². The number of nitrogens with zero attached hydrogens (tertiary/aromatic N) is 1. The summed E-state index contributed by atoms with van der Waals surface area (Å²) in [4.78, 5) is 4.21. The second-order valence-corrected chi connectivity index (χ2v) is 6.07. The number of aromatic nitrogens is 1. The van der Waals surface area contributed by atoms with E-state index in [4.69, 9.17) is 17.3 Å². The molecule has 20 heavy (non-hydrogen) atoms. The third-order valence-electron chi connectivity index (χ3n) is 3.11. The Morgan fingerprint density at radius 2 is 1.95 bits per heavy atom. The fraction of sp³-hybridized carbons (Fsp3) is 0.267. The van der Waals surface area contributed by atoms with Gasteiger partial charge in [0.1, 0.15) is 5.60 Å². The van der Waals surface area contributed by atoms with E-state index in [1.807, 2.05) is 42.5 Å². The van der Waals surface area contributed by atoms with Crippen LogP contribution in [0.5, 0.6) is 0 Å². The van der Waals surface area contributed by atoms with Crippen LogP contribution >= 0.6 is 23.4 Å². The molecule has 1 aromatic carbocycles. The van der Waals surface area contributed by atoms with Crippen LogP contribution in [0.4, 0.5) is 0 Å². The average Bonchev–Trinajstić information content (AvgIpc) is 2.50. The molecule has 0 radical (unpaired) electrons. The van der Waals surface area contributed by atoms with Gasteiger partial charge in [-0.2, -0.15) is 0 Å². The van der Waals surface area contributed by atoms with Crippen LogP contribution in [0.3, 0.4) is 0 Å². The molecular weight excluding hydrogens is 292 g/mol. The minimum atomic E-state index is -0.985. The van der Waals surface area contributed by atoms with Gasteiger partial charge in [0.05, 0.1) is 10.0 Å². The maximum absolute atomic E-state index is 10.6. The van der Waals surface area contributed by atoms with Crippen LogP contribution in [0, 0.1) is 0 Å². The Hall–Kier alpha value is -1.07. The summed E-state index contributed by atoms with van der Waals surface area (Å²) in [5.74, 6) is 0.733. The first-order chi connectivity index (χ1) is 9.64. The van der Waals surface area contributed by atoms with Crippen molar-refractivity contribution in [3.63, 3.8) is 0 Å². The third kappa shape index (κ3) is 3.96. The summed E-state index contributed by atoms with van der Waals surface area (Å²) < 4.78 is 0. The molecule has 0 aliphatic carbocycles. The second kappa shape index (κ2) is 7.09. The average molecular weight is 309 g/mol. The Labute approximate surface area is 128 Å². The van der Waals surface area contributed by atoms with Crippen LogP contribution in [-0.2, 0) is 5.60 Å². The van der Waals surface area contributed by atoms with Crippen LogP contribution in [0.2, 0.25) is 5.02 Å². The molecule has 106 valence electrons. The maximum atomic E-state index is 10.6. The van der Waals surface area contributed by atoms with Gasteiger partial charge in [0.25, 0.3) is 0 Å². The van der Waals surface area contributed by atoms with Crippen molar-refractivity contribution in [2.45, 2.75) is 17.0 Å². The molecule has 5 heteroatoms. The van der Waals surface area contributed by atoms with E-state index in [0.717, 1.165) is 16.3 Å². The molecule has 0 amide bonds. The topological polar surface area (TPSA) is 59.1 Å². The number of hydrogen-bond donors (Lipinski definition) is 2. The number of aliphatic hydroxyl groups is 1. The Kier molecular flexibility index (Phi) is 5.43. The van der Waals surface area contributed by atoms with Crippen molar-refractivity contribution < 1.29 is 5.11 Å². The number of nitrogens with two attached hydrogens (primary N) is 1. The number of thioether (sulfide) groups is 1. The fourth-order valence-electron chi connectivity index (χ4n) is 1.88. The first-order valence-corrected chi connectivity index (χ1v) is 7.73. The van der Waals surface area contributed by atoms with Crippen molar-refractivity contribution in [3.05, 3.63) is 59.2 Å². The van der Waals surface area contributed by atoms with Gasteiger partial charge in [-0.25, -0.2) is 4.98 Å². The number of hydrogen-bond acceptors (Lipinski definition) is 4. The Morgan fingerprint density at radius 1 is 1.20 bits per heavy atom. The predicted molar refractivity (Wildman–Crippen MR) is 84.0 cm³/mol. The molecule has 1 atom stereocenters. The molecule has 3 nitrogen and oxygen atoms in total. The number of benzene rings is 1. The largest absolute Gasteiger partial charge is 0.384 e. The summed E-state index contributed by atoms with van der Waals surface area (Å²) >= 11 is 7.37. The lowest BCUT2D eigenvalue weighted by atomic mass is 9.91. The van der Waals surface area contributed by atoms with E-state index in [-0.39, 0.29) is 6.54 Å². The van der Waals surface area contributed by atoms with Crippen LogP contribution < -0.4 is 5.73 Å². The minimum absolute atomic E-state index is 0.200. The number of pyridine rings is 1. The molecule has 2 rings (SSSR count). The first kappa shape index (κ1) is 15.3. The van der Waals surface area contributed by atoms with Gasteiger partial charge in [0.15, 0.2) is 0 Å². The van der Waals surface area contributed by atoms with Gasteiger partial charge in [-0.05, 0) is 24.1 Å². The highest BCUT2D eigenvalue weighted by molar-refractivity contribution is 7.99. The van der Waals surface area contributed by atoms with Crippen LogP contribution in [-0.4, -0.2) is 22.4 Å². The van der Waals surface area contributed by atoms with Gasteiger partial charge >= 0.3 is 0 Å². The quantitative estimate of drug-likeness (QED) is 0.805. The third-order valence-corrected chi connectivity index (χ3v) is 4.28. The van der Waals surface area contributed by atoms with Crippen LogP contribution in [0.1, 0.15) is 12.0 Å². The summed E-state index contributed by atoms with van der Waals surface area (Å²) in [6.07, 6.45) is 2.19. The molecule has 0 saturated carbocycles. The van der Waals surface area contributed by atoms with Crippen molar-refractivity contribution in [1.82, 2.24) is 4.98 Å². The second-order valence-electron chi connectivity index (χ2n) is 4.51. The zero-order chi connectivity index (χ0) is 14.4. The highest BCUT2D eigenvalue weighted by Crippen LogP contribution is 2.27. The Bertz CT molecular complexity index is 535. The molecule has 1 unspecified atom stereocenters. The lowest BCUT2D eigenvalue weighted by Gasteiger charge is -2.26. The van der Waals surface area contributed by atoms with Crippen molar-refractivity contribution in [2.75, 3.05) is 12.3 Å². The Balaban J connectivity index is 1.96. The lowest BCUT2D eigenvalue weighted by Crippen LogP contribution is -2.35. The summed E-state index contributed by atoms with van der Waals surface area (Å²) in [6, 6.07) is 13.2. The van der Waals surface area contributed by atoms with Gasteiger partial charge in [0, 0.05) is 18.5 Å². The van der Waals surface area contributed by atoms with Crippen molar-refractivity contribution in [2.24, 2.45) is 5.73 Å². The summed E-state index contributed by atoms with van der Waals surface area (Å²) in [5.41, 5.74) is 5.61. The molecule has 0 saturated heterocycles. The molecule has 0 aliphatic rings. The standard InChI is InChI=1S/C15H17ClN2OS/c16-13-6-7-14(18-10-13)20-9-8-15(19,11-17)12-4-2-1-3-5-12/h1-7,10,19H,8-9,11,17H2. The normalized spacial score (nSPS) is 13.9. The van der Waals surface area contributed by atoms with Gasteiger partial charge in [-0.1, -0.05) is 41.9 Å². The summed E-state index contributed by atoms with van der Waals surface area (Å²) in [6.45, 7) is 0.200. The van der Waals surface area contributed by atoms with E-state index in [1.54, 1.807) is 18.0 Å². The highest BCUT2D eigenvalue weighted by Gasteiger charge is 2.26. The van der Waals surface area contributed by atoms with Gasteiger partial charge in [-0.15, -0.1) is 11.8 Å². The number of rotatable bonds is 6. The predicted octanol–water partition coefficient (Wildman–Crippen LogP) is 3.06. The van der Waals surface area contributed by atoms with E-state index >= 15 is 0 Å². The van der Waals surface area contributed by atoms with Crippen molar-refractivity contribution in [1.29, 1.82) is 0 Å². The SMILES string of the molecule is NCC(O)(CCSc1ccc(Cl)cn1)c1ccccc1. The monoisotopic (exact) mass is 308 g/mol. The van der Waals surface area contributed by atoms with Crippen LogP contribution in [0.15, 0.2) is 53.7 Å². The molecule has 3 N–H and O–H groups in total. The molecule has 0 spiro atoms. The molecule has 0 bridgehead atoms. The Morgan fingerprint density at radius 3 is 2.55 bits per heavy atom. The first-order valence-electron chi connectivity index (χ1n) is 6.36. The van der Waals surface area contributed by atoms with Gasteiger partial charge < -0.3 is 10.8 Å². The van der Waals surface area contributed by atoms with Crippen molar-refractivity contribution in [3.8, 4) is 0 Å². The fourth-order valence-corrected chi connectivity index (χ4v) is 2.94. The zero-order valence-electron chi connectivity index (χ0n) is 11.0. The van der Waals surface area contributed by atoms with E-state index in [1.165, 1.54) is 0 Å². The maximum Gasteiger partial charge on any atom is 0.103 e. The lowest BCUT2D eigenvalue weighted by molar-refractivity contribution is 0.0431. The molecule has 0 fully saturated rings. The summed E-state index contributed by atoms with van der Waals surface area (Å²) in [5, 5.41) is 12.1. The summed E-state index contributed by atoms with van der Waals surface area (Å²) in [7, 11) is 0. The molecule has 0 aliphatic heterocycles. The van der Waals surface area contributed by atoms with E-state index in [0.29, 0.717) is 11.4 Å². The molecular formula is C15H17ClN2OS. The van der Waals surface area contributed by atoms with E-state index < -0.39 is 5.60 Å². The van der Waals surface area contributed by atoms with Gasteiger partial charge in [-0.3, -0.25) is 0 Å². The zero-order valence-corrected chi connectivity index (χ0v) is 12.6. The smallest absolute Gasteiger partial charge is 0.103 e. The van der Waals surface area contributed by atoms with Crippen molar-refractivity contribution >= 4 is 23.4 Å². The number of halogens is 1. The minimum Gasteiger partial charge on any atom is -0.384 e. The molecule has 2 aromatic rings. The highest BCUT2D eigenvalue weighted by atomic mass is 35.5. The van der Waals surface area contributed by atoms with Gasteiger partial charge in [0.2, 0.25) is 0 Å². The van der Waals surface area contributed by atoms with E-state index in [9.17, 15) is 5.11 Å².